The minimum atomic E-state index is -0.580. The number of rotatable bonds is 7. The number of anilines is 1. The van der Waals surface area contributed by atoms with Crippen LogP contribution in [0, 0.1) is 11.3 Å². The number of halogens is 1. The van der Waals surface area contributed by atoms with E-state index in [1.807, 2.05) is 12.1 Å². The molecular formula is C22H26ClN3O3. The Hall–Kier alpha value is -2.30. The van der Waals surface area contributed by atoms with Crippen molar-refractivity contribution in [2.24, 2.45) is 0 Å². The van der Waals surface area contributed by atoms with E-state index in [1.54, 1.807) is 37.3 Å². The summed E-state index contributed by atoms with van der Waals surface area (Å²) in [6, 6.07) is 14.7. The molecule has 6 nitrogen and oxygen atoms in total. The zero-order valence-electron chi connectivity index (χ0n) is 16.5. The van der Waals surface area contributed by atoms with Crippen molar-refractivity contribution in [3.05, 3.63) is 58.6 Å². The molecule has 2 atom stereocenters. The van der Waals surface area contributed by atoms with Crippen LogP contribution in [0.1, 0.15) is 24.2 Å². The first-order valence-electron chi connectivity index (χ1n) is 9.72. The van der Waals surface area contributed by atoms with Gasteiger partial charge in [0.1, 0.15) is 12.4 Å². The molecule has 0 bridgehead atoms. The highest BCUT2D eigenvalue weighted by molar-refractivity contribution is 6.33. The molecule has 2 N–H and O–H groups in total. The van der Waals surface area contributed by atoms with Crippen molar-refractivity contribution in [3.8, 4) is 11.8 Å². The van der Waals surface area contributed by atoms with Crippen LogP contribution in [0.5, 0.6) is 5.75 Å². The first kappa shape index (κ1) is 21.4. The minimum Gasteiger partial charge on any atom is -0.491 e. The Kier molecular flexibility index (Phi) is 7.34. The van der Waals surface area contributed by atoms with Crippen molar-refractivity contribution in [3.63, 3.8) is 0 Å². The molecule has 1 fully saturated rings. The van der Waals surface area contributed by atoms with Gasteiger partial charge in [0.25, 0.3) is 0 Å². The highest BCUT2D eigenvalue weighted by atomic mass is 35.5. The van der Waals surface area contributed by atoms with Gasteiger partial charge in [-0.15, -0.1) is 0 Å². The van der Waals surface area contributed by atoms with Crippen molar-refractivity contribution in [2.45, 2.75) is 19.1 Å². The van der Waals surface area contributed by atoms with Crippen LogP contribution < -0.4 is 9.64 Å². The Bertz CT molecular complexity index is 843. The monoisotopic (exact) mass is 415 g/mol. The number of ether oxygens (including phenoxy) is 1. The maximum atomic E-state index is 10.5. The lowest BCUT2D eigenvalue weighted by atomic mass is 10.1. The molecule has 2 aromatic carbocycles. The average Bonchev–Trinajstić information content (AvgIpc) is 2.73. The second kappa shape index (κ2) is 9.95. The Morgan fingerprint density at radius 3 is 2.38 bits per heavy atom. The Morgan fingerprint density at radius 1 is 1.10 bits per heavy atom. The van der Waals surface area contributed by atoms with E-state index in [0.29, 0.717) is 22.9 Å². The van der Waals surface area contributed by atoms with Gasteiger partial charge in [-0.1, -0.05) is 23.7 Å². The molecule has 0 unspecified atom stereocenters. The second-order valence-corrected chi connectivity index (χ2v) is 7.72. The molecular weight excluding hydrogens is 390 g/mol. The molecule has 154 valence electrons. The number of β-amino-alcohol motifs (C(OH)–C–C–N with tert-alkyl or cyclic N) is 1. The molecule has 0 radical (unpaired) electrons. The first-order chi connectivity index (χ1) is 14.0. The molecule has 0 spiro atoms. The molecule has 3 rings (SSSR count). The van der Waals surface area contributed by atoms with Gasteiger partial charge in [0.05, 0.1) is 34.6 Å². The van der Waals surface area contributed by atoms with Crippen LogP contribution in [0.3, 0.4) is 0 Å². The maximum Gasteiger partial charge on any atom is 0.121 e. The second-order valence-electron chi connectivity index (χ2n) is 7.31. The van der Waals surface area contributed by atoms with Gasteiger partial charge in [0, 0.05) is 38.8 Å². The van der Waals surface area contributed by atoms with Crippen molar-refractivity contribution in [1.29, 1.82) is 5.26 Å². The van der Waals surface area contributed by atoms with Crippen LogP contribution in [0.4, 0.5) is 5.69 Å². The predicted molar refractivity (Wildman–Crippen MR) is 113 cm³/mol. The van der Waals surface area contributed by atoms with Crippen molar-refractivity contribution in [1.82, 2.24) is 4.90 Å². The highest BCUT2D eigenvalue weighted by Gasteiger charge is 2.21. The first-order valence-corrected chi connectivity index (χ1v) is 10.1. The summed E-state index contributed by atoms with van der Waals surface area (Å²) in [7, 11) is 0. The molecule has 2 aromatic rings. The van der Waals surface area contributed by atoms with E-state index >= 15 is 0 Å². The molecule has 0 amide bonds. The summed E-state index contributed by atoms with van der Waals surface area (Å²) in [4.78, 5) is 4.46. The lowest BCUT2D eigenvalue weighted by Crippen LogP contribution is -2.47. The van der Waals surface area contributed by atoms with Gasteiger partial charge in [0.15, 0.2) is 0 Å². The lowest BCUT2D eigenvalue weighted by molar-refractivity contribution is 0.109. The summed E-state index contributed by atoms with van der Waals surface area (Å²) < 4.78 is 5.50. The summed E-state index contributed by atoms with van der Waals surface area (Å²) in [6.07, 6.45) is -1.11. The van der Waals surface area contributed by atoms with Crippen LogP contribution >= 0.6 is 11.6 Å². The molecule has 1 aliphatic heterocycles. The Morgan fingerprint density at radius 2 is 1.79 bits per heavy atom. The fourth-order valence-corrected chi connectivity index (χ4v) is 3.64. The zero-order valence-corrected chi connectivity index (χ0v) is 17.2. The summed E-state index contributed by atoms with van der Waals surface area (Å²) >= 11 is 6.44. The van der Waals surface area contributed by atoms with E-state index in [9.17, 15) is 10.2 Å². The molecule has 0 aromatic heterocycles. The number of hydrogen-bond donors (Lipinski definition) is 2. The van der Waals surface area contributed by atoms with Crippen molar-refractivity contribution < 1.29 is 14.9 Å². The zero-order chi connectivity index (χ0) is 20.8. The van der Waals surface area contributed by atoms with Crippen LogP contribution in [0.2, 0.25) is 5.02 Å². The predicted octanol–water partition coefficient (Wildman–Crippen LogP) is 2.83. The van der Waals surface area contributed by atoms with Gasteiger partial charge >= 0.3 is 0 Å². The van der Waals surface area contributed by atoms with Crippen molar-refractivity contribution >= 4 is 17.3 Å². The maximum absolute atomic E-state index is 10.5. The highest BCUT2D eigenvalue weighted by Crippen LogP contribution is 2.31. The molecule has 1 heterocycles. The standard InChI is InChI=1S/C22H26ClN3O3/c1-16(27)15-29-19-6-7-21(20(23)12-19)26-10-8-25(9-11-26)14-22(28)18-4-2-17(13-24)3-5-18/h2-7,12,16,22,27-28H,8-11,14-15H2,1H3/t16-,22+/m0/s1. The van der Waals surface area contributed by atoms with Gasteiger partial charge < -0.3 is 19.8 Å². The summed E-state index contributed by atoms with van der Waals surface area (Å²) in [5.74, 6) is 0.642. The Labute approximate surface area is 176 Å². The van der Waals surface area contributed by atoms with Gasteiger partial charge in [-0.3, -0.25) is 4.90 Å². The number of aliphatic hydroxyl groups excluding tert-OH is 2. The van der Waals surface area contributed by atoms with E-state index in [4.69, 9.17) is 21.6 Å². The van der Waals surface area contributed by atoms with E-state index in [-0.39, 0.29) is 6.61 Å². The van der Waals surface area contributed by atoms with Crippen LogP contribution in [-0.4, -0.2) is 60.5 Å². The largest absolute Gasteiger partial charge is 0.491 e. The molecule has 29 heavy (non-hydrogen) atoms. The summed E-state index contributed by atoms with van der Waals surface area (Å²) in [5.41, 5.74) is 2.37. The third-order valence-electron chi connectivity index (χ3n) is 4.98. The van der Waals surface area contributed by atoms with E-state index in [1.165, 1.54) is 0 Å². The van der Waals surface area contributed by atoms with Gasteiger partial charge in [0.2, 0.25) is 0 Å². The SMILES string of the molecule is C[C@H](O)COc1ccc(N2CCN(C[C@@H](O)c3ccc(C#N)cc3)CC2)c(Cl)c1. The normalized spacial score (nSPS) is 16.9. The van der Waals surface area contributed by atoms with Crippen molar-refractivity contribution in [2.75, 3.05) is 44.2 Å². The van der Waals surface area contributed by atoms with Gasteiger partial charge in [-0.2, -0.15) is 5.26 Å². The Balaban J connectivity index is 1.52. The fraction of sp³-hybridized carbons (Fsp3) is 0.409. The third kappa shape index (κ3) is 5.84. The third-order valence-corrected chi connectivity index (χ3v) is 5.28. The molecule has 1 saturated heterocycles. The number of benzene rings is 2. The topological polar surface area (TPSA) is 80.0 Å². The van der Waals surface area contributed by atoms with Crippen LogP contribution in [0.15, 0.2) is 42.5 Å². The van der Waals surface area contributed by atoms with E-state index in [0.717, 1.165) is 37.4 Å². The lowest BCUT2D eigenvalue weighted by Gasteiger charge is -2.37. The average molecular weight is 416 g/mol. The van der Waals surface area contributed by atoms with Gasteiger partial charge in [-0.05, 0) is 36.8 Å². The number of nitriles is 1. The molecule has 0 aliphatic carbocycles. The summed E-state index contributed by atoms with van der Waals surface area (Å²) in [5, 5.41) is 29.3. The minimum absolute atomic E-state index is 0.232. The number of hydrogen-bond acceptors (Lipinski definition) is 6. The fourth-order valence-electron chi connectivity index (χ4n) is 3.35. The number of piperazine rings is 1. The molecule has 7 heteroatoms. The molecule has 1 aliphatic rings. The van der Waals surface area contributed by atoms with E-state index < -0.39 is 12.2 Å². The molecule has 0 saturated carbocycles. The van der Waals surface area contributed by atoms with Crippen LogP contribution in [0.25, 0.3) is 0 Å². The smallest absolute Gasteiger partial charge is 0.121 e. The summed E-state index contributed by atoms with van der Waals surface area (Å²) in [6.45, 7) is 5.73. The van der Waals surface area contributed by atoms with Gasteiger partial charge in [-0.25, -0.2) is 0 Å². The number of nitrogens with zero attached hydrogens (tertiary/aromatic N) is 3. The quantitative estimate of drug-likeness (QED) is 0.723. The number of aliphatic hydroxyl groups is 2. The van der Waals surface area contributed by atoms with Crippen LogP contribution in [-0.2, 0) is 0 Å². The van der Waals surface area contributed by atoms with E-state index in [2.05, 4.69) is 15.9 Å².